The average molecular weight is 563 g/mol. The number of anilines is 1. The van der Waals surface area contributed by atoms with Crippen molar-refractivity contribution < 1.29 is 36.3 Å². The fraction of sp³-hybridized carbons (Fsp3) is 0.481. The fourth-order valence-corrected chi connectivity index (χ4v) is 4.42. The zero-order valence-electron chi connectivity index (χ0n) is 23.7. The molecular formula is C27H30Cl2F3NO4. The number of halogens is 5. The highest BCUT2D eigenvalue weighted by Gasteiger charge is 2.59. The summed E-state index contributed by atoms with van der Waals surface area (Å²) in [4.78, 5) is 26.4. The van der Waals surface area contributed by atoms with Gasteiger partial charge in [0.15, 0.2) is 0 Å². The summed E-state index contributed by atoms with van der Waals surface area (Å²) in [5.74, 6) is -5.35. The van der Waals surface area contributed by atoms with Gasteiger partial charge in [0.25, 0.3) is 0 Å². The van der Waals surface area contributed by atoms with Crippen molar-refractivity contribution in [3.63, 3.8) is 0 Å². The maximum absolute atomic E-state index is 13.8. The molecule has 37 heavy (non-hydrogen) atoms. The van der Waals surface area contributed by atoms with E-state index in [0.29, 0.717) is 0 Å². The van der Waals surface area contributed by atoms with Crippen molar-refractivity contribution in [2.45, 2.75) is 64.3 Å². The standard InChI is InChI=1S/C27H30Cl2F3NO4/c1-15(27(30,31)32)21(16-6-9-18(28)10-7-16)23(34)33-20-14-17(8-11-19(20)29)22(36-5)26(12-13-26)24(35)37-25(2,3)4/h6-11,14-15,21-22H,12-13H2,1-5H3,(H,33,34)/t15-,21?,22?/m1/s1/i5D3. The lowest BCUT2D eigenvalue weighted by molar-refractivity contribution is -0.178. The quantitative estimate of drug-likeness (QED) is 0.334. The van der Waals surface area contributed by atoms with Crippen LogP contribution in [0.25, 0.3) is 0 Å². The third kappa shape index (κ3) is 6.78. The van der Waals surface area contributed by atoms with Crippen LogP contribution in [-0.2, 0) is 19.1 Å². The number of alkyl halides is 3. The molecule has 0 aromatic heterocycles. The van der Waals surface area contributed by atoms with Gasteiger partial charge in [-0.25, -0.2) is 0 Å². The molecule has 2 unspecified atom stereocenters. The van der Waals surface area contributed by atoms with Crippen LogP contribution in [0.15, 0.2) is 42.5 Å². The largest absolute Gasteiger partial charge is 0.459 e. The van der Waals surface area contributed by atoms with Crippen LogP contribution in [0.1, 0.15) is 67.8 Å². The van der Waals surface area contributed by atoms with E-state index in [0.717, 1.165) is 6.92 Å². The highest BCUT2D eigenvalue weighted by atomic mass is 35.5. The van der Waals surface area contributed by atoms with Gasteiger partial charge < -0.3 is 14.8 Å². The van der Waals surface area contributed by atoms with E-state index >= 15 is 0 Å². The van der Waals surface area contributed by atoms with Crippen molar-refractivity contribution >= 4 is 40.8 Å². The Hall–Kier alpha value is -2.29. The van der Waals surface area contributed by atoms with Crippen LogP contribution in [0.5, 0.6) is 0 Å². The van der Waals surface area contributed by atoms with Crippen molar-refractivity contribution in [1.82, 2.24) is 0 Å². The Bertz CT molecular complexity index is 1240. The molecule has 1 amide bonds. The predicted octanol–water partition coefficient (Wildman–Crippen LogP) is 7.72. The summed E-state index contributed by atoms with van der Waals surface area (Å²) < 4.78 is 75.2. The lowest BCUT2D eigenvalue weighted by atomic mass is 9.85. The Morgan fingerprint density at radius 1 is 1.05 bits per heavy atom. The predicted molar refractivity (Wildman–Crippen MR) is 137 cm³/mol. The number of benzene rings is 2. The molecule has 3 atom stereocenters. The summed E-state index contributed by atoms with van der Waals surface area (Å²) in [7, 11) is -2.90. The van der Waals surface area contributed by atoms with Crippen molar-refractivity contribution in [3.05, 3.63) is 63.6 Å². The van der Waals surface area contributed by atoms with E-state index in [1.54, 1.807) is 20.8 Å². The molecule has 2 aromatic carbocycles. The Morgan fingerprint density at radius 2 is 1.65 bits per heavy atom. The minimum atomic E-state index is -4.70. The molecule has 5 nitrogen and oxygen atoms in total. The second-order valence-electron chi connectivity index (χ2n) is 10.2. The normalized spacial score (nSPS) is 19.0. The maximum atomic E-state index is 13.8. The molecule has 202 valence electrons. The molecule has 1 N–H and O–H groups in total. The van der Waals surface area contributed by atoms with Crippen LogP contribution in [-0.4, -0.2) is 30.7 Å². The first-order valence-electron chi connectivity index (χ1n) is 13.1. The van der Waals surface area contributed by atoms with E-state index in [-0.39, 0.29) is 39.7 Å². The lowest BCUT2D eigenvalue weighted by Crippen LogP contribution is -2.34. The van der Waals surface area contributed by atoms with E-state index < -0.39 is 54.0 Å². The van der Waals surface area contributed by atoms with Gasteiger partial charge in [-0.15, -0.1) is 0 Å². The lowest BCUT2D eigenvalue weighted by Gasteiger charge is -2.29. The molecule has 1 saturated carbocycles. The molecular weight excluding hydrogens is 530 g/mol. The van der Waals surface area contributed by atoms with Gasteiger partial charge in [-0.1, -0.05) is 48.3 Å². The van der Waals surface area contributed by atoms with Crippen LogP contribution in [0, 0.1) is 11.3 Å². The van der Waals surface area contributed by atoms with Gasteiger partial charge in [0.1, 0.15) is 5.60 Å². The molecule has 0 radical (unpaired) electrons. The van der Waals surface area contributed by atoms with Gasteiger partial charge in [-0.2, -0.15) is 13.2 Å². The molecule has 1 aliphatic rings. The van der Waals surface area contributed by atoms with E-state index in [1.807, 2.05) is 0 Å². The second-order valence-corrected chi connectivity index (χ2v) is 11.1. The third-order valence-corrected chi connectivity index (χ3v) is 6.87. The van der Waals surface area contributed by atoms with Crippen LogP contribution < -0.4 is 5.32 Å². The first-order chi connectivity index (χ1) is 18.2. The van der Waals surface area contributed by atoms with Crippen LogP contribution in [0.4, 0.5) is 18.9 Å². The van der Waals surface area contributed by atoms with Crippen LogP contribution in [0.3, 0.4) is 0 Å². The Balaban J connectivity index is 2.00. The molecule has 3 rings (SSSR count). The number of carbonyl (C=O) groups is 2. The Labute approximate surface area is 228 Å². The van der Waals surface area contributed by atoms with Crippen molar-refractivity contribution in [2.24, 2.45) is 11.3 Å². The molecule has 0 heterocycles. The number of rotatable bonds is 8. The van der Waals surface area contributed by atoms with Gasteiger partial charge in [-0.05, 0) is 69.0 Å². The highest BCUT2D eigenvalue weighted by Crippen LogP contribution is 2.58. The number of methoxy groups -OCH3 is 1. The van der Waals surface area contributed by atoms with Gasteiger partial charge in [0.2, 0.25) is 5.91 Å². The minimum Gasteiger partial charge on any atom is -0.459 e. The first-order valence-corrected chi connectivity index (χ1v) is 12.3. The number of hydrogen-bond acceptors (Lipinski definition) is 4. The van der Waals surface area contributed by atoms with Gasteiger partial charge in [0, 0.05) is 12.1 Å². The molecule has 2 aromatic rings. The van der Waals surface area contributed by atoms with E-state index in [9.17, 15) is 22.8 Å². The second kappa shape index (κ2) is 10.8. The van der Waals surface area contributed by atoms with Crippen LogP contribution >= 0.6 is 23.2 Å². The SMILES string of the molecule is [2H]C([2H])([2H])OC(c1ccc(Cl)c(NC(=O)C(c2ccc(Cl)cc2)[C@@H](C)C(F)(F)F)c1)C1(C(=O)OC(C)(C)C)CC1. The number of amides is 1. The molecule has 10 heteroatoms. The topological polar surface area (TPSA) is 64.6 Å². The van der Waals surface area contributed by atoms with Gasteiger partial charge in [0.05, 0.1) is 38.2 Å². The molecule has 0 aliphatic heterocycles. The molecule has 0 spiro atoms. The number of ether oxygens (including phenoxy) is 2. The number of esters is 1. The fourth-order valence-electron chi connectivity index (χ4n) is 4.13. The van der Waals surface area contributed by atoms with E-state index in [4.69, 9.17) is 36.8 Å². The third-order valence-electron chi connectivity index (χ3n) is 6.29. The molecule has 1 aliphatic carbocycles. The average Bonchev–Trinajstić information content (AvgIpc) is 3.60. The number of hydrogen-bond donors (Lipinski definition) is 1. The summed E-state index contributed by atoms with van der Waals surface area (Å²) in [6.07, 6.45) is -5.43. The van der Waals surface area contributed by atoms with Crippen molar-refractivity contribution in [3.8, 4) is 0 Å². The van der Waals surface area contributed by atoms with Crippen molar-refractivity contribution in [2.75, 3.05) is 12.4 Å². The minimum absolute atomic E-state index is 0.0126. The Morgan fingerprint density at radius 3 is 2.16 bits per heavy atom. The van der Waals surface area contributed by atoms with Crippen LogP contribution in [0.2, 0.25) is 10.0 Å². The molecule has 0 bridgehead atoms. The summed E-state index contributed by atoms with van der Waals surface area (Å²) in [5, 5.41) is 2.73. The summed E-state index contributed by atoms with van der Waals surface area (Å²) in [6.45, 7) is 5.93. The molecule has 0 saturated heterocycles. The smallest absolute Gasteiger partial charge is 0.392 e. The zero-order chi connectivity index (χ0) is 30.3. The number of nitrogens with one attached hydrogen (secondary N) is 1. The Kier molecular flexibility index (Phi) is 7.32. The summed E-state index contributed by atoms with van der Waals surface area (Å²) in [5.41, 5.74) is -1.94. The zero-order valence-corrected chi connectivity index (χ0v) is 22.2. The van der Waals surface area contributed by atoms with Crippen molar-refractivity contribution in [1.29, 1.82) is 0 Å². The molecule has 1 fully saturated rings. The van der Waals surface area contributed by atoms with E-state index in [1.165, 1.54) is 42.5 Å². The van der Waals surface area contributed by atoms with Gasteiger partial charge in [-0.3, -0.25) is 9.59 Å². The van der Waals surface area contributed by atoms with E-state index in [2.05, 4.69) is 5.32 Å². The summed E-state index contributed by atoms with van der Waals surface area (Å²) in [6, 6.07) is 9.53. The highest BCUT2D eigenvalue weighted by molar-refractivity contribution is 6.33. The monoisotopic (exact) mass is 562 g/mol. The first kappa shape index (κ1) is 25.0. The number of carbonyl (C=O) groups excluding carboxylic acids is 2. The summed E-state index contributed by atoms with van der Waals surface area (Å²) >= 11 is 12.2. The maximum Gasteiger partial charge on any atom is 0.392 e. The van der Waals surface area contributed by atoms with Gasteiger partial charge >= 0.3 is 12.1 Å².